The molecule has 0 unspecified atom stereocenters. The van der Waals surface area contributed by atoms with Gasteiger partial charge in [0.2, 0.25) is 5.24 Å². The standard InChI is InChI=1S/C11H12BrClO/c1-7-3-4-10(12)6-9(7)5-8(2)11(13)14/h3-4,6,8H,5H2,1-2H3/t8-/m1/s1. The number of carbonyl (C=O) groups excluding carboxylic acids is 1. The van der Waals surface area contributed by atoms with Crippen LogP contribution in [-0.4, -0.2) is 5.24 Å². The third-order valence-electron chi connectivity index (χ3n) is 2.22. The average Bonchev–Trinajstić information content (AvgIpc) is 2.11. The van der Waals surface area contributed by atoms with Gasteiger partial charge < -0.3 is 0 Å². The molecule has 3 heteroatoms. The summed E-state index contributed by atoms with van der Waals surface area (Å²) in [5.74, 6) is -0.121. The van der Waals surface area contributed by atoms with Gasteiger partial charge in [-0.05, 0) is 48.2 Å². The molecule has 1 atom stereocenters. The Labute approximate surface area is 97.6 Å². The third kappa shape index (κ3) is 3.10. The smallest absolute Gasteiger partial charge is 0.224 e. The lowest BCUT2D eigenvalue weighted by atomic mass is 9.98. The van der Waals surface area contributed by atoms with Crippen LogP contribution in [0, 0.1) is 12.8 Å². The van der Waals surface area contributed by atoms with Crippen LogP contribution < -0.4 is 0 Å². The first-order chi connectivity index (χ1) is 6.50. The molecule has 0 spiro atoms. The minimum Gasteiger partial charge on any atom is -0.281 e. The number of carbonyl (C=O) groups is 1. The summed E-state index contributed by atoms with van der Waals surface area (Å²) in [5, 5.41) is -0.274. The number of aryl methyl sites for hydroxylation is 1. The highest BCUT2D eigenvalue weighted by Gasteiger charge is 2.12. The zero-order valence-corrected chi connectivity index (χ0v) is 10.5. The Balaban J connectivity index is 2.85. The van der Waals surface area contributed by atoms with Gasteiger partial charge in [0.15, 0.2) is 0 Å². The largest absolute Gasteiger partial charge is 0.281 e. The van der Waals surface area contributed by atoms with Crippen molar-refractivity contribution in [1.82, 2.24) is 0 Å². The molecule has 0 fully saturated rings. The molecule has 1 nitrogen and oxygen atoms in total. The Morgan fingerprint density at radius 3 is 2.79 bits per heavy atom. The van der Waals surface area contributed by atoms with Gasteiger partial charge in [0.1, 0.15) is 0 Å². The van der Waals surface area contributed by atoms with Crippen molar-refractivity contribution in [2.45, 2.75) is 20.3 Å². The molecule has 1 rings (SSSR count). The van der Waals surface area contributed by atoms with Crippen molar-refractivity contribution in [3.63, 3.8) is 0 Å². The summed E-state index contributed by atoms with van der Waals surface area (Å²) in [5.41, 5.74) is 2.36. The lowest BCUT2D eigenvalue weighted by Gasteiger charge is -2.09. The Bertz CT molecular complexity index is 349. The van der Waals surface area contributed by atoms with E-state index in [0.29, 0.717) is 6.42 Å². The molecule has 0 aliphatic rings. The van der Waals surface area contributed by atoms with E-state index in [1.54, 1.807) is 0 Å². The summed E-state index contributed by atoms with van der Waals surface area (Å²) in [7, 11) is 0. The second kappa shape index (κ2) is 4.94. The number of benzene rings is 1. The minimum atomic E-state index is -0.274. The van der Waals surface area contributed by atoms with E-state index < -0.39 is 0 Å². The van der Waals surface area contributed by atoms with Crippen LogP contribution in [-0.2, 0) is 11.2 Å². The lowest BCUT2D eigenvalue weighted by molar-refractivity contribution is -0.114. The summed E-state index contributed by atoms with van der Waals surface area (Å²) in [6.07, 6.45) is 0.702. The molecule has 0 saturated carbocycles. The molecule has 0 aromatic heterocycles. The van der Waals surface area contributed by atoms with Crippen LogP contribution in [0.5, 0.6) is 0 Å². The highest BCUT2D eigenvalue weighted by atomic mass is 79.9. The maximum absolute atomic E-state index is 10.9. The van der Waals surface area contributed by atoms with Crippen molar-refractivity contribution >= 4 is 32.8 Å². The second-order valence-corrected chi connectivity index (χ2v) is 4.77. The van der Waals surface area contributed by atoms with E-state index in [2.05, 4.69) is 15.9 Å². The van der Waals surface area contributed by atoms with Gasteiger partial charge in [-0.1, -0.05) is 28.9 Å². The van der Waals surface area contributed by atoms with Gasteiger partial charge in [0.25, 0.3) is 0 Å². The van der Waals surface area contributed by atoms with E-state index in [0.717, 1.165) is 4.47 Å². The molecule has 1 aromatic carbocycles. The number of rotatable bonds is 3. The topological polar surface area (TPSA) is 17.1 Å². The monoisotopic (exact) mass is 274 g/mol. The molecule has 14 heavy (non-hydrogen) atoms. The fraction of sp³-hybridized carbons (Fsp3) is 0.364. The first-order valence-corrected chi connectivity index (χ1v) is 5.62. The van der Waals surface area contributed by atoms with Crippen molar-refractivity contribution in [2.24, 2.45) is 5.92 Å². The average molecular weight is 276 g/mol. The number of hydrogen-bond donors (Lipinski definition) is 0. The van der Waals surface area contributed by atoms with Gasteiger partial charge in [-0.15, -0.1) is 0 Å². The molecule has 0 saturated heterocycles. The molecular weight excluding hydrogens is 263 g/mol. The van der Waals surface area contributed by atoms with Gasteiger partial charge in [0.05, 0.1) is 0 Å². The highest BCUT2D eigenvalue weighted by Crippen LogP contribution is 2.19. The van der Waals surface area contributed by atoms with Crippen LogP contribution >= 0.6 is 27.5 Å². The van der Waals surface area contributed by atoms with E-state index in [1.165, 1.54) is 11.1 Å². The van der Waals surface area contributed by atoms with Crippen LogP contribution in [0.4, 0.5) is 0 Å². The zero-order valence-electron chi connectivity index (χ0n) is 8.18. The van der Waals surface area contributed by atoms with E-state index in [9.17, 15) is 4.79 Å². The number of hydrogen-bond acceptors (Lipinski definition) is 1. The Kier molecular flexibility index (Phi) is 4.14. The van der Waals surface area contributed by atoms with Crippen molar-refractivity contribution < 1.29 is 4.79 Å². The normalized spacial score (nSPS) is 12.6. The van der Waals surface area contributed by atoms with Gasteiger partial charge in [-0.2, -0.15) is 0 Å². The quantitative estimate of drug-likeness (QED) is 0.769. The Hall–Kier alpha value is -0.340. The van der Waals surface area contributed by atoms with Crippen molar-refractivity contribution in [3.05, 3.63) is 33.8 Å². The fourth-order valence-corrected chi connectivity index (χ4v) is 1.76. The third-order valence-corrected chi connectivity index (χ3v) is 3.09. The highest BCUT2D eigenvalue weighted by molar-refractivity contribution is 9.10. The maximum Gasteiger partial charge on any atom is 0.224 e. The number of halogens is 2. The van der Waals surface area contributed by atoms with E-state index in [1.807, 2.05) is 32.0 Å². The van der Waals surface area contributed by atoms with Crippen molar-refractivity contribution in [2.75, 3.05) is 0 Å². The van der Waals surface area contributed by atoms with Gasteiger partial charge in [-0.3, -0.25) is 4.79 Å². The molecule has 0 aliphatic heterocycles. The van der Waals surface area contributed by atoms with E-state index in [4.69, 9.17) is 11.6 Å². The predicted octanol–water partition coefficient (Wildman–Crippen LogP) is 3.70. The predicted molar refractivity (Wildman–Crippen MR) is 62.6 cm³/mol. The summed E-state index contributed by atoms with van der Waals surface area (Å²) >= 11 is 8.82. The molecular formula is C11H12BrClO. The summed E-state index contributed by atoms with van der Waals surface area (Å²) in [4.78, 5) is 10.9. The van der Waals surface area contributed by atoms with Crippen LogP contribution in [0.1, 0.15) is 18.1 Å². The zero-order chi connectivity index (χ0) is 10.7. The van der Waals surface area contributed by atoms with Crippen molar-refractivity contribution in [1.29, 1.82) is 0 Å². The summed E-state index contributed by atoms with van der Waals surface area (Å²) < 4.78 is 1.03. The molecule has 0 radical (unpaired) electrons. The molecule has 0 bridgehead atoms. The van der Waals surface area contributed by atoms with E-state index in [-0.39, 0.29) is 11.2 Å². The lowest BCUT2D eigenvalue weighted by Crippen LogP contribution is -2.08. The van der Waals surface area contributed by atoms with Crippen LogP contribution in [0.25, 0.3) is 0 Å². The Morgan fingerprint density at radius 1 is 1.57 bits per heavy atom. The molecule has 1 aromatic rings. The molecule has 0 amide bonds. The maximum atomic E-state index is 10.9. The van der Waals surface area contributed by atoms with Crippen molar-refractivity contribution in [3.8, 4) is 0 Å². The molecule has 76 valence electrons. The minimum absolute atomic E-state index is 0.121. The second-order valence-electron chi connectivity index (χ2n) is 3.48. The first kappa shape index (κ1) is 11.7. The first-order valence-electron chi connectivity index (χ1n) is 4.45. The SMILES string of the molecule is Cc1ccc(Br)cc1C[C@@H](C)C(=O)Cl. The summed E-state index contributed by atoms with van der Waals surface area (Å²) in [6.45, 7) is 3.88. The molecule has 0 heterocycles. The summed E-state index contributed by atoms with van der Waals surface area (Å²) in [6, 6.07) is 6.06. The van der Waals surface area contributed by atoms with Gasteiger partial charge in [0, 0.05) is 10.4 Å². The van der Waals surface area contributed by atoms with E-state index >= 15 is 0 Å². The Morgan fingerprint density at radius 2 is 2.21 bits per heavy atom. The van der Waals surface area contributed by atoms with Crippen LogP contribution in [0.3, 0.4) is 0 Å². The molecule has 0 aliphatic carbocycles. The van der Waals surface area contributed by atoms with Crippen LogP contribution in [0.15, 0.2) is 22.7 Å². The van der Waals surface area contributed by atoms with Crippen LogP contribution in [0.2, 0.25) is 0 Å². The van der Waals surface area contributed by atoms with Gasteiger partial charge in [-0.25, -0.2) is 0 Å². The van der Waals surface area contributed by atoms with Gasteiger partial charge >= 0.3 is 0 Å². The molecule has 0 N–H and O–H groups in total. The fourth-order valence-electron chi connectivity index (χ4n) is 1.27.